The Labute approximate surface area is 248 Å². The molecule has 230 valence electrons. The van der Waals surface area contributed by atoms with Crippen LogP contribution in [0.3, 0.4) is 0 Å². The third-order valence-electron chi connectivity index (χ3n) is 8.90. The third-order valence-corrected chi connectivity index (χ3v) is 9.20. The number of anilines is 2. The Bertz CT molecular complexity index is 1620. The highest BCUT2D eigenvalue weighted by Crippen LogP contribution is 2.47. The number of rotatable bonds is 4. The van der Waals surface area contributed by atoms with Crippen LogP contribution >= 0.6 is 11.6 Å². The van der Waals surface area contributed by atoms with Gasteiger partial charge in [-0.25, -0.2) is 13.8 Å². The maximum atomic E-state index is 16.5. The molecule has 0 aliphatic carbocycles. The summed E-state index contributed by atoms with van der Waals surface area (Å²) in [5.74, 6) is -1.06. The molecule has 1 aromatic carbocycles. The van der Waals surface area contributed by atoms with E-state index < -0.39 is 51.1 Å². The molecule has 9 nitrogen and oxygen atoms in total. The molecule has 3 aromatic rings. The van der Waals surface area contributed by atoms with E-state index in [0.717, 1.165) is 31.5 Å². The molecular formula is C28H28ClF5N6O3. The molecule has 0 amide bonds. The molecule has 2 N–H and O–H groups in total. The zero-order valence-electron chi connectivity index (χ0n) is 23.1. The second kappa shape index (κ2) is 9.89. The fraction of sp³-hybridized carbons (Fsp3) is 0.536. The van der Waals surface area contributed by atoms with E-state index in [-0.39, 0.29) is 54.1 Å². The number of fused-ring (bicyclic) bond motifs is 1. The summed E-state index contributed by atoms with van der Waals surface area (Å²) >= 11 is 6.00. The fourth-order valence-electron chi connectivity index (χ4n) is 6.71. The molecule has 15 heteroatoms. The van der Waals surface area contributed by atoms with Gasteiger partial charge in [-0.15, -0.1) is 0 Å². The van der Waals surface area contributed by atoms with Gasteiger partial charge in [0.25, 0.3) is 0 Å². The summed E-state index contributed by atoms with van der Waals surface area (Å²) < 4.78 is 91.3. The maximum absolute atomic E-state index is 16.5. The summed E-state index contributed by atoms with van der Waals surface area (Å²) in [5, 5.41) is -0.623. The summed E-state index contributed by atoms with van der Waals surface area (Å²) in [6.07, 6.45) is -3.53. The maximum Gasteiger partial charge on any atom is 0.418 e. The molecule has 6 heterocycles. The van der Waals surface area contributed by atoms with Crippen LogP contribution in [-0.4, -0.2) is 83.7 Å². The highest BCUT2D eigenvalue weighted by atomic mass is 35.5. The second-order valence-electron chi connectivity index (χ2n) is 11.9. The monoisotopic (exact) mass is 626 g/mol. The number of alkyl halides is 4. The van der Waals surface area contributed by atoms with Crippen LogP contribution in [0.15, 0.2) is 12.1 Å². The molecule has 2 atom stereocenters. The molecule has 0 unspecified atom stereocenters. The van der Waals surface area contributed by atoms with Gasteiger partial charge in [-0.1, -0.05) is 11.6 Å². The van der Waals surface area contributed by atoms with Gasteiger partial charge in [-0.2, -0.15) is 23.1 Å². The van der Waals surface area contributed by atoms with Gasteiger partial charge < -0.3 is 24.8 Å². The van der Waals surface area contributed by atoms with Crippen molar-refractivity contribution in [1.29, 1.82) is 0 Å². The molecule has 0 bridgehead atoms. The Morgan fingerprint density at radius 3 is 2.67 bits per heavy atom. The summed E-state index contributed by atoms with van der Waals surface area (Å²) in [5.41, 5.74) is 1.43. The first-order chi connectivity index (χ1) is 20.4. The zero-order valence-corrected chi connectivity index (χ0v) is 23.9. The lowest BCUT2D eigenvalue weighted by Crippen LogP contribution is -2.56. The van der Waals surface area contributed by atoms with E-state index >= 15 is 4.39 Å². The molecule has 0 saturated carbocycles. The van der Waals surface area contributed by atoms with Crippen LogP contribution in [0.2, 0.25) is 5.02 Å². The minimum Gasteiger partial charge on any atom is -0.465 e. The first kappa shape index (κ1) is 28.5. The minimum absolute atomic E-state index is 0.0779. The highest BCUT2D eigenvalue weighted by molar-refractivity contribution is 6.32. The average Bonchev–Trinajstić information content (AvgIpc) is 3.43. The Morgan fingerprint density at radius 1 is 1.16 bits per heavy atom. The van der Waals surface area contributed by atoms with Crippen molar-refractivity contribution in [3.63, 3.8) is 0 Å². The van der Waals surface area contributed by atoms with E-state index in [0.29, 0.717) is 25.9 Å². The molecule has 1 spiro atoms. The Balaban J connectivity index is 1.42. The SMILES string of the molecule is CN1CCC2(COC2)Oc2nc(-c3cc(N)cc(Cl)c3C(F)(F)F)c(F)c3nc(OC[C@@]45CCCN4C[C@H](F)C5)nc1c23. The number of hydrogen-bond acceptors (Lipinski definition) is 9. The molecule has 4 aliphatic rings. The van der Waals surface area contributed by atoms with Crippen molar-refractivity contribution in [1.82, 2.24) is 19.9 Å². The Morgan fingerprint density at radius 2 is 1.95 bits per heavy atom. The molecule has 3 fully saturated rings. The van der Waals surface area contributed by atoms with Gasteiger partial charge >= 0.3 is 12.2 Å². The number of pyridine rings is 1. The van der Waals surface area contributed by atoms with Crippen LogP contribution in [-0.2, 0) is 10.9 Å². The van der Waals surface area contributed by atoms with E-state index in [2.05, 4.69) is 19.9 Å². The number of benzene rings is 1. The predicted octanol–water partition coefficient (Wildman–Crippen LogP) is 5.03. The van der Waals surface area contributed by atoms with Crippen LogP contribution in [0.25, 0.3) is 22.2 Å². The van der Waals surface area contributed by atoms with Gasteiger partial charge in [0.2, 0.25) is 5.88 Å². The molecule has 3 saturated heterocycles. The lowest BCUT2D eigenvalue weighted by molar-refractivity contribution is -0.164. The number of halogens is 6. The third kappa shape index (κ3) is 4.69. The summed E-state index contributed by atoms with van der Waals surface area (Å²) in [6, 6.07) is 1.72. The normalized spacial score (nSPS) is 24.9. The van der Waals surface area contributed by atoms with Crippen LogP contribution < -0.4 is 20.1 Å². The van der Waals surface area contributed by atoms with Crippen LogP contribution in [0.1, 0.15) is 31.2 Å². The number of ether oxygens (including phenoxy) is 3. The second-order valence-corrected chi connectivity index (χ2v) is 12.3. The van der Waals surface area contributed by atoms with E-state index in [9.17, 15) is 17.6 Å². The predicted molar refractivity (Wildman–Crippen MR) is 148 cm³/mol. The number of hydrogen-bond donors (Lipinski definition) is 1. The summed E-state index contributed by atoms with van der Waals surface area (Å²) in [4.78, 5) is 17.0. The van der Waals surface area contributed by atoms with Crippen LogP contribution in [0.5, 0.6) is 11.9 Å². The number of nitrogens with zero attached hydrogens (tertiary/aromatic N) is 5. The zero-order chi connectivity index (χ0) is 30.3. The lowest BCUT2D eigenvalue weighted by atomic mass is 9.95. The topological polar surface area (TPSA) is 98.9 Å². The van der Waals surface area contributed by atoms with Crippen LogP contribution in [0.4, 0.5) is 33.5 Å². The first-order valence-corrected chi connectivity index (χ1v) is 14.3. The van der Waals surface area contributed by atoms with Crippen molar-refractivity contribution < 1.29 is 36.2 Å². The Hall–Kier alpha value is -3.23. The van der Waals surface area contributed by atoms with Crippen molar-refractivity contribution in [3.8, 4) is 23.1 Å². The van der Waals surface area contributed by atoms with E-state index in [4.69, 9.17) is 31.5 Å². The highest BCUT2D eigenvalue weighted by Gasteiger charge is 2.50. The summed E-state index contributed by atoms with van der Waals surface area (Å²) in [7, 11) is 1.75. The Kier molecular flexibility index (Phi) is 6.57. The van der Waals surface area contributed by atoms with Gasteiger partial charge in [-0.05, 0) is 31.5 Å². The molecular weight excluding hydrogens is 599 g/mol. The van der Waals surface area contributed by atoms with Crippen molar-refractivity contribution in [2.75, 3.05) is 57.1 Å². The van der Waals surface area contributed by atoms with Gasteiger partial charge in [0.05, 0.1) is 29.3 Å². The number of nitrogen functional groups attached to an aromatic ring is 1. The largest absolute Gasteiger partial charge is 0.465 e. The van der Waals surface area contributed by atoms with Gasteiger partial charge in [-0.3, -0.25) is 4.90 Å². The average molecular weight is 627 g/mol. The van der Waals surface area contributed by atoms with Gasteiger partial charge in [0, 0.05) is 44.2 Å². The van der Waals surface area contributed by atoms with Gasteiger partial charge in [0.15, 0.2) is 11.4 Å². The van der Waals surface area contributed by atoms with E-state index in [1.54, 1.807) is 11.9 Å². The van der Waals surface area contributed by atoms with Crippen LogP contribution in [0, 0.1) is 5.82 Å². The fourth-order valence-corrected chi connectivity index (χ4v) is 7.05. The molecule has 4 aliphatic heterocycles. The standard InChI is InChI=1S/C28H28ClF5N6O3/c1-39-6-4-27(12-41-13-27)43-24-18-22(20(31)21(36-24)16-7-15(35)8-17(29)19(16)28(32,33)34)37-25(38-23(18)39)42-11-26-3-2-5-40(26)10-14(30)9-26/h7-8,14H,2-6,9-13,35H2,1H3/t14-,26+/m1/s1. The molecule has 7 rings (SSSR count). The summed E-state index contributed by atoms with van der Waals surface area (Å²) in [6.45, 7) is 2.03. The number of nitrogens with two attached hydrogens (primary N) is 1. The van der Waals surface area contributed by atoms with E-state index in [1.165, 1.54) is 0 Å². The number of aromatic nitrogens is 3. The molecule has 0 radical (unpaired) electrons. The smallest absolute Gasteiger partial charge is 0.418 e. The van der Waals surface area contributed by atoms with Crippen molar-refractivity contribution in [2.45, 2.75) is 49.2 Å². The van der Waals surface area contributed by atoms with Crippen molar-refractivity contribution in [3.05, 3.63) is 28.5 Å². The molecule has 2 aromatic heterocycles. The first-order valence-electron chi connectivity index (χ1n) is 14.0. The van der Waals surface area contributed by atoms with Crippen molar-refractivity contribution in [2.24, 2.45) is 0 Å². The van der Waals surface area contributed by atoms with Gasteiger partial charge in [0.1, 0.15) is 35.2 Å². The van der Waals surface area contributed by atoms with E-state index in [1.807, 2.05) is 0 Å². The minimum atomic E-state index is -4.95. The molecule has 43 heavy (non-hydrogen) atoms. The lowest BCUT2D eigenvalue weighted by Gasteiger charge is -2.43. The quantitative estimate of drug-likeness (QED) is 0.316. The van der Waals surface area contributed by atoms with Crippen molar-refractivity contribution >= 4 is 34.0 Å².